The second-order valence-corrected chi connectivity index (χ2v) is 5.25. The van der Waals surface area contributed by atoms with E-state index in [4.69, 9.17) is 9.84 Å². The Kier molecular flexibility index (Phi) is 3.50. The number of nitrogens with one attached hydrogen (secondary N) is 1. The molecule has 2 saturated carbocycles. The SMILES string of the molecule is COCCC1(CNC2CCC2C(=O)O)CC1. The Morgan fingerprint density at radius 3 is 2.69 bits per heavy atom. The van der Waals surface area contributed by atoms with E-state index >= 15 is 0 Å². The summed E-state index contributed by atoms with van der Waals surface area (Å²) < 4.78 is 5.10. The molecule has 2 atom stereocenters. The van der Waals surface area contributed by atoms with Gasteiger partial charge in [-0.1, -0.05) is 0 Å². The molecular weight excluding hydrogens is 206 g/mol. The zero-order chi connectivity index (χ0) is 11.6. The molecule has 4 nitrogen and oxygen atoms in total. The molecule has 0 bridgehead atoms. The molecule has 2 rings (SSSR count). The molecule has 0 aromatic rings. The number of carbonyl (C=O) groups is 1. The van der Waals surface area contributed by atoms with E-state index in [1.165, 1.54) is 12.8 Å². The van der Waals surface area contributed by atoms with Crippen molar-refractivity contribution in [2.45, 2.75) is 38.1 Å². The van der Waals surface area contributed by atoms with Gasteiger partial charge in [0.1, 0.15) is 0 Å². The largest absolute Gasteiger partial charge is 0.481 e. The van der Waals surface area contributed by atoms with Crippen LogP contribution in [0.15, 0.2) is 0 Å². The lowest BCUT2D eigenvalue weighted by molar-refractivity contribution is -0.146. The van der Waals surface area contributed by atoms with Crippen LogP contribution < -0.4 is 5.32 Å². The minimum Gasteiger partial charge on any atom is -0.481 e. The van der Waals surface area contributed by atoms with Gasteiger partial charge in [0.25, 0.3) is 0 Å². The van der Waals surface area contributed by atoms with Crippen LogP contribution in [0.25, 0.3) is 0 Å². The van der Waals surface area contributed by atoms with Crippen molar-refractivity contribution in [3.05, 3.63) is 0 Å². The molecule has 0 heterocycles. The fourth-order valence-corrected chi connectivity index (χ4v) is 2.40. The molecule has 0 aliphatic heterocycles. The van der Waals surface area contributed by atoms with Crippen molar-refractivity contribution < 1.29 is 14.6 Å². The first-order chi connectivity index (χ1) is 7.67. The Morgan fingerprint density at radius 1 is 1.50 bits per heavy atom. The van der Waals surface area contributed by atoms with Crippen LogP contribution in [-0.4, -0.2) is 37.4 Å². The number of hydrogen-bond acceptors (Lipinski definition) is 3. The second kappa shape index (κ2) is 4.72. The third kappa shape index (κ3) is 2.55. The normalized spacial score (nSPS) is 30.8. The van der Waals surface area contributed by atoms with E-state index in [1.54, 1.807) is 7.11 Å². The quantitative estimate of drug-likeness (QED) is 0.687. The Labute approximate surface area is 96.4 Å². The lowest BCUT2D eigenvalue weighted by Crippen LogP contribution is -2.49. The minimum absolute atomic E-state index is 0.154. The Hall–Kier alpha value is -0.610. The Balaban J connectivity index is 1.69. The summed E-state index contributed by atoms with van der Waals surface area (Å²) in [6.07, 6.45) is 5.46. The summed E-state index contributed by atoms with van der Waals surface area (Å²) in [6, 6.07) is 0.206. The maximum absolute atomic E-state index is 10.8. The highest BCUT2D eigenvalue weighted by molar-refractivity contribution is 5.72. The van der Waals surface area contributed by atoms with Crippen LogP contribution in [0, 0.1) is 11.3 Å². The molecule has 0 aromatic heterocycles. The molecule has 2 fully saturated rings. The first-order valence-electron chi connectivity index (χ1n) is 6.12. The maximum atomic E-state index is 10.8. The molecular formula is C12H21NO3. The summed E-state index contributed by atoms with van der Waals surface area (Å²) in [5, 5.41) is 12.4. The van der Waals surface area contributed by atoms with E-state index < -0.39 is 5.97 Å². The third-order valence-electron chi connectivity index (χ3n) is 4.12. The molecule has 2 aliphatic carbocycles. The molecule has 2 aliphatic rings. The highest BCUT2D eigenvalue weighted by atomic mass is 16.5. The minimum atomic E-state index is -0.648. The standard InChI is InChI=1S/C12H21NO3/c1-16-7-6-12(4-5-12)8-13-10-3-2-9(10)11(14)15/h9-10,13H,2-8H2,1H3,(H,14,15). The van der Waals surface area contributed by atoms with Gasteiger partial charge in [-0.15, -0.1) is 0 Å². The van der Waals surface area contributed by atoms with Crippen molar-refractivity contribution in [2.24, 2.45) is 11.3 Å². The van der Waals surface area contributed by atoms with Gasteiger partial charge in [0.05, 0.1) is 5.92 Å². The van der Waals surface area contributed by atoms with E-state index in [0.29, 0.717) is 5.41 Å². The van der Waals surface area contributed by atoms with Gasteiger partial charge in [0.2, 0.25) is 0 Å². The van der Waals surface area contributed by atoms with Crippen LogP contribution in [0.4, 0.5) is 0 Å². The van der Waals surface area contributed by atoms with Gasteiger partial charge < -0.3 is 15.2 Å². The fraction of sp³-hybridized carbons (Fsp3) is 0.917. The number of rotatable bonds is 7. The van der Waals surface area contributed by atoms with Crippen LogP contribution in [0.2, 0.25) is 0 Å². The summed E-state index contributed by atoms with van der Waals surface area (Å²) >= 11 is 0. The van der Waals surface area contributed by atoms with Crippen molar-refractivity contribution in [3.8, 4) is 0 Å². The lowest BCUT2D eigenvalue weighted by Gasteiger charge is -2.35. The molecule has 0 amide bonds. The molecule has 0 saturated heterocycles. The molecule has 16 heavy (non-hydrogen) atoms. The Bertz CT molecular complexity index is 263. The number of ether oxygens (including phenoxy) is 1. The van der Waals surface area contributed by atoms with Gasteiger partial charge in [-0.3, -0.25) is 4.79 Å². The van der Waals surface area contributed by atoms with Crippen molar-refractivity contribution in [2.75, 3.05) is 20.3 Å². The van der Waals surface area contributed by atoms with Crippen LogP contribution in [-0.2, 0) is 9.53 Å². The van der Waals surface area contributed by atoms with Crippen LogP contribution in [0.1, 0.15) is 32.1 Å². The average Bonchev–Trinajstić information content (AvgIpc) is 2.93. The summed E-state index contributed by atoms with van der Waals surface area (Å²) in [6.45, 7) is 1.78. The van der Waals surface area contributed by atoms with E-state index in [9.17, 15) is 4.79 Å². The van der Waals surface area contributed by atoms with Crippen molar-refractivity contribution in [3.63, 3.8) is 0 Å². The third-order valence-corrected chi connectivity index (χ3v) is 4.12. The van der Waals surface area contributed by atoms with Crippen LogP contribution in [0.5, 0.6) is 0 Å². The highest BCUT2D eigenvalue weighted by Crippen LogP contribution is 2.48. The lowest BCUT2D eigenvalue weighted by atomic mass is 9.79. The van der Waals surface area contributed by atoms with Gasteiger partial charge in [-0.25, -0.2) is 0 Å². The van der Waals surface area contributed by atoms with Crippen LogP contribution in [0.3, 0.4) is 0 Å². The molecule has 0 spiro atoms. The fourth-order valence-electron chi connectivity index (χ4n) is 2.40. The molecule has 4 heteroatoms. The number of carboxylic acids is 1. The first-order valence-corrected chi connectivity index (χ1v) is 6.12. The highest BCUT2D eigenvalue weighted by Gasteiger charge is 2.44. The summed E-state index contributed by atoms with van der Waals surface area (Å²) in [7, 11) is 1.73. The number of aliphatic carboxylic acids is 1. The van der Waals surface area contributed by atoms with Gasteiger partial charge in [0.15, 0.2) is 0 Å². The average molecular weight is 227 g/mol. The van der Waals surface area contributed by atoms with Crippen molar-refractivity contribution >= 4 is 5.97 Å². The molecule has 0 aromatic carbocycles. The molecule has 2 N–H and O–H groups in total. The van der Waals surface area contributed by atoms with Crippen molar-refractivity contribution in [1.29, 1.82) is 0 Å². The summed E-state index contributed by atoms with van der Waals surface area (Å²) in [4.78, 5) is 10.8. The summed E-state index contributed by atoms with van der Waals surface area (Å²) in [5.74, 6) is -0.802. The van der Waals surface area contributed by atoms with E-state index in [1.807, 2.05) is 0 Å². The molecule has 0 radical (unpaired) electrons. The zero-order valence-electron chi connectivity index (χ0n) is 9.87. The zero-order valence-corrected chi connectivity index (χ0v) is 9.87. The second-order valence-electron chi connectivity index (χ2n) is 5.25. The predicted octanol–water partition coefficient (Wildman–Crippen LogP) is 1.26. The monoisotopic (exact) mass is 227 g/mol. The van der Waals surface area contributed by atoms with Crippen LogP contribution >= 0.6 is 0 Å². The predicted molar refractivity (Wildman–Crippen MR) is 60.3 cm³/mol. The molecule has 2 unspecified atom stereocenters. The van der Waals surface area contributed by atoms with E-state index in [-0.39, 0.29) is 12.0 Å². The summed E-state index contributed by atoms with van der Waals surface area (Å²) in [5.41, 5.74) is 0.411. The number of carboxylic acid groups (broad SMARTS) is 1. The topological polar surface area (TPSA) is 58.6 Å². The van der Waals surface area contributed by atoms with E-state index in [0.717, 1.165) is 32.4 Å². The first kappa shape index (κ1) is 11.9. The van der Waals surface area contributed by atoms with Gasteiger partial charge in [-0.05, 0) is 37.5 Å². The number of hydrogen-bond donors (Lipinski definition) is 2. The maximum Gasteiger partial charge on any atom is 0.308 e. The van der Waals surface area contributed by atoms with Gasteiger partial charge >= 0.3 is 5.97 Å². The molecule has 92 valence electrons. The van der Waals surface area contributed by atoms with Gasteiger partial charge in [-0.2, -0.15) is 0 Å². The number of methoxy groups -OCH3 is 1. The van der Waals surface area contributed by atoms with E-state index in [2.05, 4.69) is 5.32 Å². The smallest absolute Gasteiger partial charge is 0.308 e. The van der Waals surface area contributed by atoms with Crippen molar-refractivity contribution in [1.82, 2.24) is 5.32 Å². The Morgan fingerprint density at radius 2 is 2.25 bits per heavy atom. The van der Waals surface area contributed by atoms with Gasteiger partial charge in [0, 0.05) is 26.3 Å².